The van der Waals surface area contributed by atoms with Gasteiger partial charge in [-0.25, -0.2) is 8.42 Å². The molecule has 0 radical (unpaired) electrons. The number of nitrogens with zero attached hydrogens (tertiary/aromatic N) is 2. The first-order chi connectivity index (χ1) is 7.92. The van der Waals surface area contributed by atoms with Crippen molar-refractivity contribution in [3.05, 3.63) is 0 Å². The van der Waals surface area contributed by atoms with Crippen LogP contribution in [0.15, 0.2) is 4.99 Å². The molecule has 18 heavy (non-hydrogen) atoms. The van der Waals surface area contributed by atoms with Crippen molar-refractivity contribution in [3.8, 4) is 0 Å². The van der Waals surface area contributed by atoms with Crippen LogP contribution in [-0.2, 0) is 9.84 Å². The third-order valence-electron chi connectivity index (χ3n) is 2.52. The van der Waals surface area contributed by atoms with Gasteiger partial charge in [-0.1, -0.05) is 0 Å². The number of likely N-dealkylation sites (tertiary alicyclic amines) is 1. The zero-order valence-corrected chi connectivity index (χ0v) is 13.9. The van der Waals surface area contributed by atoms with Gasteiger partial charge in [-0.2, -0.15) is 0 Å². The van der Waals surface area contributed by atoms with E-state index in [1.807, 2.05) is 11.8 Å². The predicted molar refractivity (Wildman–Crippen MR) is 83.3 cm³/mol. The number of aliphatic hydroxyl groups excluding tert-OH is 1. The van der Waals surface area contributed by atoms with E-state index < -0.39 is 9.84 Å². The van der Waals surface area contributed by atoms with E-state index in [9.17, 15) is 13.5 Å². The molecule has 1 aliphatic heterocycles. The molecule has 1 rings (SSSR count). The lowest BCUT2D eigenvalue weighted by molar-refractivity contribution is 0.188. The molecule has 0 unspecified atom stereocenters. The molecule has 8 heteroatoms. The van der Waals surface area contributed by atoms with Crippen LogP contribution in [-0.4, -0.2) is 68.7 Å². The highest BCUT2D eigenvalue weighted by atomic mass is 127. The lowest BCUT2D eigenvalue weighted by atomic mass is 10.3. The highest BCUT2D eigenvalue weighted by Gasteiger charge is 2.22. The fraction of sp³-hybridized carbons (Fsp3) is 0.900. The Bertz CT molecular complexity index is 373. The van der Waals surface area contributed by atoms with Crippen molar-refractivity contribution >= 4 is 39.8 Å². The molecule has 0 aromatic rings. The first-order valence-electron chi connectivity index (χ1n) is 5.81. The maximum atomic E-state index is 11.0. The number of halogens is 1. The van der Waals surface area contributed by atoms with Crippen molar-refractivity contribution in [1.29, 1.82) is 0 Å². The van der Waals surface area contributed by atoms with Crippen molar-refractivity contribution in [1.82, 2.24) is 10.2 Å². The smallest absolute Gasteiger partial charge is 0.194 e. The standard InChI is InChI=1S/C10H21N3O3S.HI/c1-3-11-10(12-5-7-17(2,15)16)13-6-4-9(14)8-13;/h9,14H,3-8H2,1-2H3,(H,11,12);1H/t9-;/m1./s1. The average Bonchev–Trinajstić information content (AvgIpc) is 2.62. The van der Waals surface area contributed by atoms with Gasteiger partial charge in [-0.05, 0) is 13.3 Å². The number of hydrogen-bond acceptors (Lipinski definition) is 4. The molecule has 1 heterocycles. The Hall–Kier alpha value is -0.0900. The zero-order chi connectivity index (χ0) is 12.9. The van der Waals surface area contributed by atoms with Gasteiger partial charge in [0.25, 0.3) is 0 Å². The summed E-state index contributed by atoms with van der Waals surface area (Å²) in [5.74, 6) is 0.742. The Morgan fingerprint density at radius 2 is 2.22 bits per heavy atom. The minimum Gasteiger partial charge on any atom is -0.391 e. The van der Waals surface area contributed by atoms with Crippen molar-refractivity contribution in [2.24, 2.45) is 4.99 Å². The van der Waals surface area contributed by atoms with Gasteiger partial charge in [0.1, 0.15) is 9.84 Å². The third-order valence-corrected chi connectivity index (χ3v) is 3.45. The monoisotopic (exact) mass is 391 g/mol. The summed E-state index contributed by atoms with van der Waals surface area (Å²) in [5.41, 5.74) is 0. The van der Waals surface area contributed by atoms with Crippen molar-refractivity contribution in [2.45, 2.75) is 19.4 Å². The summed E-state index contributed by atoms with van der Waals surface area (Å²) in [6.07, 6.45) is 1.62. The van der Waals surface area contributed by atoms with E-state index in [1.54, 1.807) is 0 Å². The molecule has 0 bridgehead atoms. The first kappa shape index (κ1) is 17.9. The number of guanidine groups is 1. The minimum absolute atomic E-state index is 0. The molecule has 2 N–H and O–H groups in total. The second kappa shape index (κ2) is 8.16. The van der Waals surface area contributed by atoms with Crippen LogP contribution in [0.25, 0.3) is 0 Å². The van der Waals surface area contributed by atoms with Crippen molar-refractivity contribution < 1.29 is 13.5 Å². The van der Waals surface area contributed by atoms with Gasteiger partial charge < -0.3 is 15.3 Å². The summed E-state index contributed by atoms with van der Waals surface area (Å²) in [4.78, 5) is 6.21. The Balaban J connectivity index is 0.00000289. The molecule has 1 saturated heterocycles. The number of aliphatic hydroxyl groups is 1. The van der Waals surface area contributed by atoms with Crippen LogP contribution in [0.1, 0.15) is 13.3 Å². The lowest BCUT2D eigenvalue weighted by Crippen LogP contribution is -2.40. The quantitative estimate of drug-likeness (QED) is 0.390. The van der Waals surface area contributed by atoms with Gasteiger partial charge in [0.15, 0.2) is 5.96 Å². The van der Waals surface area contributed by atoms with E-state index in [2.05, 4.69) is 10.3 Å². The summed E-state index contributed by atoms with van der Waals surface area (Å²) in [5, 5.41) is 12.6. The van der Waals surface area contributed by atoms with Crippen LogP contribution in [0.3, 0.4) is 0 Å². The van der Waals surface area contributed by atoms with Gasteiger partial charge in [-0.3, -0.25) is 4.99 Å². The van der Waals surface area contributed by atoms with E-state index in [1.165, 1.54) is 6.26 Å². The van der Waals surface area contributed by atoms with Gasteiger partial charge in [0, 0.05) is 25.9 Å². The molecule has 108 valence electrons. The van der Waals surface area contributed by atoms with Gasteiger partial charge in [0.2, 0.25) is 0 Å². The molecular weight excluding hydrogens is 369 g/mol. The highest BCUT2D eigenvalue weighted by molar-refractivity contribution is 14.0. The fourth-order valence-corrected chi connectivity index (χ4v) is 2.10. The SMILES string of the molecule is CCNC(=NCCS(C)(=O)=O)N1CC[C@@H](O)C1.I. The number of β-amino-alcohol motifs (C(OH)–C–C–N with tert-alkyl or cyclic N) is 1. The topological polar surface area (TPSA) is 82.0 Å². The van der Waals surface area contributed by atoms with Crippen LogP contribution < -0.4 is 5.32 Å². The predicted octanol–water partition coefficient (Wildman–Crippen LogP) is -0.319. The van der Waals surface area contributed by atoms with Gasteiger partial charge >= 0.3 is 0 Å². The summed E-state index contributed by atoms with van der Waals surface area (Å²) < 4.78 is 22.0. The Morgan fingerprint density at radius 3 is 2.67 bits per heavy atom. The molecule has 6 nitrogen and oxygen atoms in total. The van der Waals surface area contributed by atoms with Crippen LogP contribution in [0.2, 0.25) is 0 Å². The molecule has 0 amide bonds. The first-order valence-corrected chi connectivity index (χ1v) is 7.87. The van der Waals surface area contributed by atoms with E-state index in [4.69, 9.17) is 0 Å². The van der Waals surface area contributed by atoms with Gasteiger partial charge in [-0.15, -0.1) is 24.0 Å². The second-order valence-corrected chi connectivity index (χ2v) is 6.51. The molecule has 1 aliphatic rings. The summed E-state index contributed by atoms with van der Waals surface area (Å²) >= 11 is 0. The van der Waals surface area contributed by atoms with E-state index >= 15 is 0 Å². The number of hydrogen-bond donors (Lipinski definition) is 2. The lowest BCUT2D eigenvalue weighted by Gasteiger charge is -2.20. The molecule has 0 aliphatic carbocycles. The normalized spacial score (nSPS) is 20.7. The molecule has 0 spiro atoms. The van der Waals surface area contributed by atoms with Crippen molar-refractivity contribution in [2.75, 3.05) is 38.2 Å². The van der Waals surface area contributed by atoms with Crippen LogP contribution >= 0.6 is 24.0 Å². The minimum atomic E-state index is -2.97. The number of sulfone groups is 1. The Kier molecular flexibility index (Phi) is 8.11. The summed E-state index contributed by atoms with van der Waals surface area (Å²) in [6.45, 7) is 4.26. The molecule has 1 fully saturated rings. The van der Waals surface area contributed by atoms with Gasteiger partial charge in [0.05, 0.1) is 18.4 Å². The Labute approximate surface area is 126 Å². The van der Waals surface area contributed by atoms with Crippen LogP contribution in [0, 0.1) is 0 Å². The maximum Gasteiger partial charge on any atom is 0.194 e. The summed E-state index contributed by atoms with van der Waals surface area (Å²) in [7, 11) is -2.97. The van der Waals surface area contributed by atoms with Crippen LogP contribution in [0.4, 0.5) is 0 Å². The fourth-order valence-electron chi connectivity index (χ4n) is 1.68. The molecule has 0 saturated carbocycles. The third kappa shape index (κ3) is 6.74. The number of nitrogens with one attached hydrogen (secondary N) is 1. The highest BCUT2D eigenvalue weighted by Crippen LogP contribution is 2.08. The number of rotatable bonds is 4. The van der Waals surface area contributed by atoms with E-state index in [0.717, 1.165) is 19.5 Å². The number of aliphatic imine (C=N–C) groups is 1. The molecule has 0 aromatic heterocycles. The molecular formula is C10H22IN3O3S. The van der Waals surface area contributed by atoms with Crippen LogP contribution in [0.5, 0.6) is 0 Å². The Morgan fingerprint density at radius 1 is 1.56 bits per heavy atom. The molecule has 0 aromatic carbocycles. The second-order valence-electron chi connectivity index (χ2n) is 4.25. The molecule has 1 atom stereocenters. The van der Waals surface area contributed by atoms with E-state index in [0.29, 0.717) is 12.5 Å². The maximum absolute atomic E-state index is 11.0. The van der Waals surface area contributed by atoms with E-state index in [-0.39, 0.29) is 42.4 Å². The van der Waals surface area contributed by atoms with Crippen molar-refractivity contribution in [3.63, 3.8) is 0 Å². The zero-order valence-electron chi connectivity index (χ0n) is 10.8. The average molecular weight is 391 g/mol. The largest absolute Gasteiger partial charge is 0.391 e. The summed E-state index contributed by atoms with van der Waals surface area (Å²) in [6, 6.07) is 0.